The summed E-state index contributed by atoms with van der Waals surface area (Å²) in [4.78, 5) is 25.4. The third kappa shape index (κ3) is 4.20. The minimum Gasteiger partial charge on any atom is -0.508 e. The Bertz CT molecular complexity index is 983. The van der Waals surface area contributed by atoms with Crippen molar-refractivity contribution in [3.05, 3.63) is 63.4 Å². The highest BCUT2D eigenvalue weighted by Gasteiger charge is 2.34. The summed E-state index contributed by atoms with van der Waals surface area (Å²) in [5.74, 6) is -0.484. The van der Waals surface area contributed by atoms with E-state index in [0.29, 0.717) is 35.5 Å². The lowest BCUT2D eigenvalue weighted by molar-refractivity contribution is -0.115. The van der Waals surface area contributed by atoms with Gasteiger partial charge in [-0.25, -0.2) is 0 Å². The van der Waals surface area contributed by atoms with E-state index in [9.17, 15) is 24.9 Å². The number of allylic oxidation sites excluding steroid dienone is 4. The molecule has 1 amide bonds. The molecule has 0 radical (unpaired) electrons. The van der Waals surface area contributed by atoms with Crippen molar-refractivity contribution in [2.75, 3.05) is 7.11 Å². The first-order valence-corrected chi connectivity index (χ1v) is 10.0. The molecule has 1 aromatic carbocycles. The summed E-state index contributed by atoms with van der Waals surface area (Å²) in [6, 6.07) is 4.54. The van der Waals surface area contributed by atoms with Crippen LogP contribution in [0.4, 0.5) is 0 Å². The zero-order chi connectivity index (χ0) is 22.0. The lowest BCUT2D eigenvalue weighted by Crippen LogP contribution is -2.32. The average molecular weight is 413 g/mol. The molecular weight excluding hydrogens is 386 g/mol. The SMILES string of the molecule is COC1=C(O)CCC2=C1CC(=O)C(NC(=O)c1ccc(O)c(CCC(C)C)c1)=C2O. The fourth-order valence-electron chi connectivity index (χ4n) is 3.73. The number of hydrogen-bond donors (Lipinski definition) is 4. The molecule has 0 saturated heterocycles. The maximum Gasteiger partial charge on any atom is 0.255 e. The van der Waals surface area contributed by atoms with Crippen LogP contribution in [0.2, 0.25) is 0 Å². The molecule has 0 spiro atoms. The Labute approximate surface area is 175 Å². The van der Waals surface area contributed by atoms with Gasteiger partial charge in [-0.3, -0.25) is 9.59 Å². The van der Waals surface area contributed by atoms with E-state index in [-0.39, 0.29) is 47.1 Å². The normalized spacial score (nSPS) is 16.9. The summed E-state index contributed by atoms with van der Waals surface area (Å²) in [7, 11) is 1.39. The number of rotatable bonds is 6. The summed E-state index contributed by atoms with van der Waals surface area (Å²) in [6.45, 7) is 4.16. The van der Waals surface area contributed by atoms with Gasteiger partial charge in [-0.15, -0.1) is 0 Å². The Morgan fingerprint density at radius 3 is 2.57 bits per heavy atom. The molecule has 0 fully saturated rings. The number of carbonyl (C=O) groups excluding carboxylic acids is 2. The molecule has 3 rings (SSSR count). The number of ether oxygens (including phenoxy) is 1. The highest BCUT2D eigenvalue weighted by atomic mass is 16.5. The first-order chi connectivity index (χ1) is 14.2. The van der Waals surface area contributed by atoms with Gasteiger partial charge in [0.25, 0.3) is 5.91 Å². The van der Waals surface area contributed by atoms with Crippen molar-refractivity contribution >= 4 is 11.7 Å². The van der Waals surface area contributed by atoms with E-state index in [4.69, 9.17) is 4.74 Å². The molecule has 0 unspecified atom stereocenters. The second-order valence-corrected chi connectivity index (χ2v) is 7.99. The summed E-state index contributed by atoms with van der Waals surface area (Å²) in [5.41, 5.74) is 1.72. The van der Waals surface area contributed by atoms with Crippen molar-refractivity contribution < 1.29 is 29.6 Å². The molecule has 0 bridgehead atoms. The zero-order valence-electron chi connectivity index (χ0n) is 17.4. The van der Waals surface area contributed by atoms with Crippen LogP contribution in [-0.2, 0) is 16.0 Å². The third-order valence-corrected chi connectivity index (χ3v) is 5.43. The first kappa shape index (κ1) is 21.5. The Kier molecular flexibility index (Phi) is 6.20. The van der Waals surface area contributed by atoms with E-state index < -0.39 is 11.7 Å². The van der Waals surface area contributed by atoms with Crippen LogP contribution in [0, 0.1) is 5.92 Å². The van der Waals surface area contributed by atoms with Crippen LogP contribution in [0.15, 0.2) is 52.3 Å². The largest absolute Gasteiger partial charge is 0.508 e. The van der Waals surface area contributed by atoms with Gasteiger partial charge >= 0.3 is 0 Å². The number of aliphatic hydroxyl groups is 2. The second kappa shape index (κ2) is 8.65. The van der Waals surface area contributed by atoms with Crippen LogP contribution in [0.3, 0.4) is 0 Å². The Hall–Kier alpha value is -3.22. The van der Waals surface area contributed by atoms with Crippen molar-refractivity contribution in [1.82, 2.24) is 5.32 Å². The van der Waals surface area contributed by atoms with Gasteiger partial charge in [0.05, 0.1) is 7.11 Å². The van der Waals surface area contributed by atoms with E-state index in [1.54, 1.807) is 6.07 Å². The molecule has 0 heterocycles. The van der Waals surface area contributed by atoms with E-state index in [0.717, 1.165) is 6.42 Å². The molecule has 2 aliphatic rings. The molecule has 30 heavy (non-hydrogen) atoms. The fraction of sp³-hybridized carbons (Fsp3) is 0.391. The van der Waals surface area contributed by atoms with Gasteiger partial charge in [0.15, 0.2) is 11.5 Å². The third-order valence-electron chi connectivity index (χ3n) is 5.43. The lowest BCUT2D eigenvalue weighted by atomic mass is 9.85. The second-order valence-electron chi connectivity index (χ2n) is 7.99. The predicted molar refractivity (Wildman–Crippen MR) is 111 cm³/mol. The molecule has 0 saturated carbocycles. The van der Waals surface area contributed by atoms with Gasteiger partial charge < -0.3 is 25.4 Å². The monoisotopic (exact) mass is 413 g/mol. The van der Waals surface area contributed by atoms with Gasteiger partial charge in [0.2, 0.25) is 0 Å². The number of benzene rings is 1. The first-order valence-electron chi connectivity index (χ1n) is 10.0. The van der Waals surface area contributed by atoms with Gasteiger partial charge in [0.1, 0.15) is 23.0 Å². The molecule has 2 aliphatic carbocycles. The van der Waals surface area contributed by atoms with E-state index in [1.165, 1.54) is 19.2 Å². The molecule has 0 aromatic heterocycles. The molecule has 7 heteroatoms. The molecule has 7 nitrogen and oxygen atoms in total. The number of aryl methyl sites for hydroxylation is 1. The number of aromatic hydroxyl groups is 1. The number of amides is 1. The number of hydrogen-bond acceptors (Lipinski definition) is 6. The number of Topliss-reactive ketones (excluding diaryl/α,β-unsaturated/α-hetero) is 1. The highest BCUT2D eigenvalue weighted by molar-refractivity contribution is 6.06. The Morgan fingerprint density at radius 2 is 1.90 bits per heavy atom. The molecule has 160 valence electrons. The van der Waals surface area contributed by atoms with E-state index >= 15 is 0 Å². The van der Waals surface area contributed by atoms with Gasteiger partial charge in [-0.05, 0) is 48.9 Å². The topological polar surface area (TPSA) is 116 Å². The number of phenols is 1. The maximum absolute atomic E-state index is 12.8. The van der Waals surface area contributed by atoms with Crippen LogP contribution in [0.5, 0.6) is 5.75 Å². The minimum absolute atomic E-state index is 0.0438. The predicted octanol–water partition coefficient (Wildman–Crippen LogP) is 3.96. The summed E-state index contributed by atoms with van der Waals surface area (Å²) < 4.78 is 5.19. The Morgan fingerprint density at radius 1 is 1.17 bits per heavy atom. The van der Waals surface area contributed by atoms with Crippen LogP contribution in [-0.4, -0.2) is 34.1 Å². The van der Waals surface area contributed by atoms with Gasteiger partial charge in [-0.1, -0.05) is 13.8 Å². The van der Waals surface area contributed by atoms with E-state index in [2.05, 4.69) is 19.2 Å². The number of ketones is 1. The van der Waals surface area contributed by atoms with Crippen LogP contribution in [0.1, 0.15) is 55.5 Å². The molecule has 1 aromatic rings. The number of methoxy groups -OCH3 is 1. The van der Waals surface area contributed by atoms with Crippen molar-refractivity contribution in [2.24, 2.45) is 5.92 Å². The Balaban J connectivity index is 1.87. The number of nitrogens with one attached hydrogen (secondary N) is 1. The van der Waals surface area contributed by atoms with Crippen molar-refractivity contribution in [2.45, 2.75) is 46.0 Å². The fourth-order valence-corrected chi connectivity index (χ4v) is 3.73. The number of aliphatic hydroxyl groups excluding tert-OH is 2. The van der Waals surface area contributed by atoms with Crippen LogP contribution < -0.4 is 5.32 Å². The standard InChI is InChI=1S/C23H27NO6/c1-12(2)4-5-13-10-14(6-8-17(13)25)23(29)24-20-19(27)11-16-15(21(20)28)7-9-18(26)22(16)30-3/h6,8,10,12,25-26,28H,4-5,7,9,11H2,1-3H3,(H,24,29). The van der Waals surface area contributed by atoms with Gasteiger partial charge in [0, 0.05) is 29.6 Å². The van der Waals surface area contributed by atoms with Crippen molar-refractivity contribution in [3.63, 3.8) is 0 Å². The number of carbonyl (C=O) groups is 2. The number of phenolic OH excluding ortho intramolecular Hbond substituents is 1. The van der Waals surface area contributed by atoms with Crippen LogP contribution >= 0.6 is 0 Å². The smallest absolute Gasteiger partial charge is 0.255 e. The molecule has 0 aliphatic heterocycles. The molecular formula is C23H27NO6. The maximum atomic E-state index is 12.8. The summed E-state index contributed by atoms with van der Waals surface area (Å²) >= 11 is 0. The van der Waals surface area contributed by atoms with E-state index in [1.807, 2.05) is 0 Å². The van der Waals surface area contributed by atoms with Crippen molar-refractivity contribution in [3.8, 4) is 5.75 Å². The summed E-state index contributed by atoms with van der Waals surface area (Å²) in [5, 5.41) is 33.2. The van der Waals surface area contributed by atoms with Gasteiger partial charge in [-0.2, -0.15) is 0 Å². The zero-order valence-corrected chi connectivity index (χ0v) is 17.4. The van der Waals surface area contributed by atoms with Crippen LogP contribution in [0.25, 0.3) is 0 Å². The quantitative estimate of drug-likeness (QED) is 0.561. The lowest BCUT2D eigenvalue weighted by Gasteiger charge is -2.27. The molecule has 0 atom stereocenters. The average Bonchev–Trinajstić information content (AvgIpc) is 2.70. The summed E-state index contributed by atoms with van der Waals surface area (Å²) in [6.07, 6.45) is 2.02. The highest BCUT2D eigenvalue weighted by Crippen LogP contribution is 2.39. The minimum atomic E-state index is -0.541. The van der Waals surface area contributed by atoms with Crippen molar-refractivity contribution in [1.29, 1.82) is 0 Å². The molecule has 4 N–H and O–H groups in total.